The van der Waals surface area contributed by atoms with Crippen LogP contribution in [0.5, 0.6) is 0 Å². The molecule has 4 N–H and O–H groups in total. The minimum Gasteiger partial charge on any atom is -0.341 e. The zero-order valence-corrected chi connectivity index (χ0v) is 20.8. The van der Waals surface area contributed by atoms with Gasteiger partial charge in [0.2, 0.25) is 0 Å². The quantitative estimate of drug-likeness (QED) is 0.181. The first-order valence-corrected chi connectivity index (χ1v) is 12.7. The van der Waals surface area contributed by atoms with E-state index in [9.17, 15) is 0 Å². The van der Waals surface area contributed by atoms with Gasteiger partial charge in [0.15, 0.2) is 0 Å². The third-order valence-corrected chi connectivity index (χ3v) is 6.55. The van der Waals surface area contributed by atoms with E-state index in [0.29, 0.717) is 0 Å². The Morgan fingerprint density at radius 3 is 2.46 bits per heavy atom. The molecule has 3 aromatic carbocycles. The van der Waals surface area contributed by atoms with Gasteiger partial charge in [0.25, 0.3) is 0 Å². The van der Waals surface area contributed by atoms with E-state index in [-0.39, 0.29) is 6.04 Å². The molecular formula is C29H34N6. The fourth-order valence-electron chi connectivity index (χ4n) is 4.67. The molecule has 180 valence electrons. The molecule has 5 rings (SSSR count). The highest BCUT2D eigenvalue weighted by atomic mass is 15.0. The monoisotopic (exact) mass is 466 g/mol. The first kappa shape index (κ1) is 23.3. The van der Waals surface area contributed by atoms with Gasteiger partial charge in [-0.1, -0.05) is 63.2 Å². The standard InChI is InChI=1S/C29H34N6/c1-4-15-30-18-27-32-17-26(33-27)20-9-7-19(8-10-20)21-11-13-23-22(16-21)12-14-25-28(23)35-29(34-25)24(5-2)31-6-3/h7-14,16-17,24,30-31H,4-6,15,18H2,1-3H3,(H,32,33)(H,34,35). The Morgan fingerprint density at radius 2 is 1.69 bits per heavy atom. The average molecular weight is 467 g/mol. The summed E-state index contributed by atoms with van der Waals surface area (Å²) < 4.78 is 0. The summed E-state index contributed by atoms with van der Waals surface area (Å²) in [5.41, 5.74) is 6.71. The molecule has 5 aromatic rings. The van der Waals surface area contributed by atoms with Crippen molar-refractivity contribution in [1.82, 2.24) is 30.6 Å². The Kier molecular flexibility index (Phi) is 6.93. The Hall–Kier alpha value is -3.48. The van der Waals surface area contributed by atoms with Gasteiger partial charge in [-0.3, -0.25) is 0 Å². The van der Waals surface area contributed by atoms with E-state index in [1.807, 2.05) is 6.20 Å². The molecule has 6 heteroatoms. The summed E-state index contributed by atoms with van der Waals surface area (Å²) in [5, 5.41) is 9.28. The largest absolute Gasteiger partial charge is 0.341 e. The summed E-state index contributed by atoms with van der Waals surface area (Å²) in [5.74, 6) is 1.98. The van der Waals surface area contributed by atoms with Crippen molar-refractivity contribution >= 4 is 21.8 Å². The van der Waals surface area contributed by atoms with Crippen LogP contribution in [0.4, 0.5) is 0 Å². The maximum absolute atomic E-state index is 4.97. The number of hydrogen-bond acceptors (Lipinski definition) is 4. The van der Waals surface area contributed by atoms with Gasteiger partial charge in [-0.15, -0.1) is 0 Å². The fraction of sp³-hybridized carbons (Fsp3) is 0.310. The lowest BCUT2D eigenvalue weighted by Crippen LogP contribution is -2.21. The minimum atomic E-state index is 0.249. The van der Waals surface area contributed by atoms with Crippen molar-refractivity contribution in [2.24, 2.45) is 0 Å². The highest BCUT2D eigenvalue weighted by molar-refractivity contribution is 6.05. The van der Waals surface area contributed by atoms with Crippen LogP contribution in [-0.2, 0) is 6.54 Å². The van der Waals surface area contributed by atoms with Crippen molar-refractivity contribution in [3.63, 3.8) is 0 Å². The number of rotatable bonds is 10. The average Bonchev–Trinajstić information content (AvgIpc) is 3.55. The number of benzene rings is 3. The second-order valence-electron chi connectivity index (χ2n) is 9.04. The first-order chi connectivity index (χ1) is 17.2. The highest BCUT2D eigenvalue weighted by Gasteiger charge is 2.14. The van der Waals surface area contributed by atoms with Crippen molar-refractivity contribution < 1.29 is 0 Å². The Balaban J connectivity index is 1.39. The number of aromatic nitrogens is 4. The molecule has 35 heavy (non-hydrogen) atoms. The molecule has 0 fully saturated rings. The number of aromatic amines is 2. The van der Waals surface area contributed by atoms with Crippen LogP contribution in [0.3, 0.4) is 0 Å². The van der Waals surface area contributed by atoms with Crippen LogP contribution in [-0.4, -0.2) is 33.0 Å². The third kappa shape index (κ3) is 4.85. The zero-order valence-electron chi connectivity index (χ0n) is 20.8. The van der Waals surface area contributed by atoms with Crippen LogP contribution in [0.15, 0.2) is 60.8 Å². The van der Waals surface area contributed by atoms with Crippen LogP contribution in [0.2, 0.25) is 0 Å². The van der Waals surface area contributed by atoms with Crippen molar-refractivity contribution in [1.29, 1.82) is 0 Å². The van der Waals surface area contributed by atoms with Crippen molar-refractivity contribution in [2.45, 2.75) is 46.2 Å². The predicted molar refractivity (Wildman–Crippen MR) is 145 cm³/mol. The number of imidazole rings is 2. The number of fused-ring (bicyclic) bond motifs is 3. The number of H-pyrrole nitrogens is 2. The van der Waals surface area contributed by atoms with Crippen LogP contribution < -0.4 is 10.6 Å². The molecule has 0 spiro atoms. The molecule has 0 bridgehead atoms. The first-order valence-electron chi connectivity index (χ1n) is 12.7. The summed E-state index contributed by atoms with van der Waals surface area (Å²) >= 11 is 0. The Bertz CT molecular complexity index is 1410. The van der Waals surface area contributed by atoms with Gasteiger partial charge in [0.1, 0.15) is 11.6 Å². The molecule has 2 heterocycles. The molecule has 2 aromatic heterocycles. The lowest BCUT2D eigenvalue weighted by Gasteiger charge is -2.12. The Morgan fingerprint density at radius 1 is 0.886 bits per heavy atom. The summed E-state index contributed by atoms with van der Waals surface area (Å²) in [4.78, 5) is 16.4. The van der Waals surface area contributed by atoms with Gasteiger partial charge in [-0.2, -0.15) is 0 Å². The molecule has 0 radical (unpaired) electrons. The molecule has 6 nitrogen and oxygen atoms in total. The van der Waals surface area contributed by atoms with Gasteiger partial charge in [0, 0.05) is 5.39 Å². The minimum absolute atomic E-state index is 0.249. The van der Waals surface area contributed by atoms with Crippen LogP contribution in [0.1, 0.15) is 51.3 Å². The second kappa shape index (κ2) is 10.4. The molecule has 0 aliphatic heterocycles. The van der Waals surface area contributed by atoms with Gasteiger partial charge >= 0.3 is 0 Å². The normalized spacial score (nSPS) is 12.5. The second-order valence-corrected chi connectivity index (χ2v) is 9.04. The maximum atomic E-state index is 4.97. The zero-order chi connectivity index (χ0) is 24.2. The van der Waals surface area contributed by atoms with Gasteiger partial charge in [-0.05, 0) is 60.1 Å². The van der Waals surface area contributed by atoms with E-state index in [2.05, 4.69) is 101 Å². The van der Waals surface area contributed by atoms with Crippen LogP contribution >= 0.6 is 0 Å². The predicted octanol–water partition coefficient (Wildman–Crippen LogP) is 6.33. The third-order valence-electron chi connectivity index (χ3n) is 6.55. The number of hydrogen-bond donors (Lipinski definition) is 4. The molecule has 1 atom stereocenters. The van der Waals surface area contributed by atoms with Gasteiger partial charge in [0.05, 0.1) is 35.5 Å². The van der Waals surface area contributed by atoms with E-state index < -0.39 is 0 Å². The number of nitrogens with one attached hydrogen (secondary N) is 4. The molecule has 1 unspecified atom stereocenters. The van der Waals surface area contributed by atoms with Crippen LogP contribution in [0, 0.1) is 0 Å². The molecule has 0 aliphatic rings. The highest BCUT2D eigenvalue weighted by Crippen LogP contribution is 2.31. The van der Waals surface area contributed by atoms with E-state index in [1.165, 1.54) is 21.9 Å². The SMILES string of the molecule is CCCNCc1ncc(-c2ccc(-c3ccc4c(ccc5[nH]c(C(CC)NCC)nc54)c3)cc2)[nH]1. The smallest absolute Gasteiger partial charge is 0.124 e. The summed E-state index contributed by atoms with van der Waals surface area (Å²) in [6.45, 7) is 9.18. The van der Waals surface area contributed by atoms with Crippen LogP contribution in [0.25, 0.3) is 44.2 Å². The van der Waals surface area contributed by atoms with E-state index in [4.69, 9.17) is 4.98 Å². The summed E-state index contributed by atoms with van der Waals surface area (Å²) in [6.07, 6.45) is 4.03. The van der Waals surface area contributed by atoms with Crippen molar-refractivity contribution in [3.8, 4) is 22.4 Å². The Labute approximate surface area is 206 Å². The number of nitrogens with zero attached hydrogens (tertiary/aromatic N) is 2. The maximum Gasteiger partial charge on any atom is 0.124 e. The lowest BCUT2D eigenvalue weighted by molar-refractivity contribution is 0.516. The topological polar surface area (TPSA) is 81.4 Å². The molecule has 0 amide bonds. The molecule has 0 aliphatic carbocycles. The van der Waals surface area contributed by atoms with E-state index >= 15 is 0 Å². The lowest BCUT2D eigenvalue weighted by atomic mass is 9.99. The van der Waals surface area contributed by atoms with Crippen molar-refractivity contribution in [2.75, 3.05) is 13.1 Å². The summed E-state index contributed by atoms with van der Waals surface area (Å²) in [7, 11) is 0. The summed E-state index contributed by atoms with van der Waals surface area (Å²) in [6, 6.07) is 19.9. The molecule has 0 saturated heterocycles. The fourth-order valence-corrected chi connectivity index (χ4v) is 4.67. The van der Waals surface area contributed by atoms with Crippen molar-refractivity contribution in [3.05, 3.63) is 72.4 Å². The molecular weight excluding hydrogens is 432 g/mol. The van der Waals surface area contributed by atoms with Gasteiger partial charge < -0.3 is 20.6 Å². The molecule has 0 saturated carbocycles. The van der Waals surface area contributed by atoms with Gasteiger partial charge in [-0.25, -0.2) is 9.97 Å². The van der Waals surface area contributed by atoms with E-state index in [1.54, 1.807) is 0 Å². The van der Waals surface area contributed by atoms with E-state index in [0.717, 1.165) is 66.4 Å².